The number of carbonyl (C=O) groups is 1. The molecule has 2 rings (SSSR count). The van der Waals surface area contributed by atoms with Crippen LogP contribution in [0.3, 0.4) is 0 Å². The van der Waals surface area contributed by atoms with Crippen LogP contribution in [0.4, 0.5) is 21.5 Å². The second kappa shape index (κ2) is 5.58. The normalized spacial score (nSPS) is 10.2. The number of aryl methyl sites for hydroxylation is 1. The van der Waals surface area contributed by atoms with Crippen LogP contribution in [0.15, 0.2) is 36.4 Å². The van der Waals surface area contributed by atoms with Crippen LogP contribution in [-0.4, -0.2) is 10.8 Å². The van der Waals surface area contributed by atoms with E-state index in [0.29, 0.717) is 0 Å². The van der Waals surface area contributed by atoms with Gasteiger partial charge in [0.15, 0.2) is 5.82 Å². The quantitative estimate of drug-likeness (QED) is 0.515. The SMILES string of the molecule is Cc1ccc(C(=O)Nc2ccc([N+](=O)[O-])cc2F)c(N)c1. The number of hydrogen-bond acceptors (Lipinski definition) is 4. The van der Waals surface area contributed by atoms with Crippen LogP contribution in [0.5, 0.6) is 0 Å². The molecule has 0 aliphatic carbocycles. The first-order chi connectivity index (χ1) is 9.88. The summed E-state index contributed by atoms with van der Waals surface area (Å²) in [7, 11) is 0. The number of nitrogens with two attached hydrogens (primary N) is 1. The molecular formula is C14H12FN3O3. The Kier molecular flexibility index (Phi) is 3.84. The first kappa shape index (κ1) is 14.4. The Morgan fingerprint density at radius 2 is 2.00 bits per heavy atom. The monoisotopic (exact) mass is 289 g/mol. The van der Waals surface area contributed by atoms with E-state index in [9.17, 15) is 19.3 Å². The number of hydrogen-bond donors (Lipinski definition) is 2. The van der Waals surface area contributed by atoms with Crippen molar-refractivity contribution < 1.29 is 14.1 Å². The summed E-state index contributed by atoms with van der Waals surface area (Å²) in [6.07, 6.45) is 0. The molecular weight excluding hydrogens is 277 g/mol. The van der Waals surface area contributed by atoms with Crippen molar-refractivity contribution in [2.75, 3.05) is 11.1 Å². The van der Waals surface area contributed by atoms with Crippen molar-refractivity contribution in [2.45, 2.75) is 6.92 Å². The lowest BCUT2D eigenvalue weighted by molar-refractivity contribution is -0.385. The zero-order valence-electron chi connectivity index (χ0n) is 11.1. The summed E-state index contributed by atoms with van der Waals surface area (Å²) in [4.78, 5) is 21.8. The molecule has 21 heavy (non-hydrogen) atoms. The molecule has 0 fully saturated rings. The lowest BCUT2D eigenvalue weighted by Gasteiger charge is -2.09. The highest BCUT2D eigenvalue weighted by atomic mass is 19.1. The number of rotatable bonds is 3. The minimum atomic E-state index is -0.886. The van der Waals surface area contributed by atoms with Gasteiger partial charge in [0.25, 0.3) is 11.6 Å². The average molecular weight is 289 g/mol. The maximum absolute atomic E-state index is 13.7. The van der Waals surface area contributed by atoms with Crippen LogP contribution >= 0.6 is 0 Å². The lowest BCUT2D eigenvalue weighted by Crippen LogP contribution is -2.15. The number of nitro groups is 1. The number of benzene rings is 2. The molecule has 108 valence electrons. The molecule has 0 aliphatic rings. The highest BCUT2D eigenvalue weighted by Gasteiger charge is 2.15. The summed E-state index contributed by atoms with van der Waals surface area (Å²) >= 11 is 0. The number of anilines is 2. The Hall–Kier alpha value is -2.96. The molecule has 0 saturated heterocycles. The number of amides is 1. The smallest absolute Gasteiger partial charge is 0.272 e. The molecule has 0 atom stereocenters. The summed E-state index contributed by atoms with van der Waals surface area (Å²) in [5.74, 6) is -1.47. The first-order valence-electron chi connectivity index (χ1n) is 6.00. The van der Waals surface area contributed by atoms with E-state index < -0.39 is 16.6 Å². The largest absolute Gasteiger partial charge is 0.398 e. The summed E-state index contributed by atoms with van der Waals surface area (Å²) < 4.78 is 13.7. The van der Waals surface area contributed by atoms with Gasteiger partial charge in [-0.3, -0.25) is 14.9 Å². The molecule has 0 heterocycles. The van der Waals surface area contributed by atoms with Gasteiger partial charge < -0.3 is 11.1 Å². The average Bonchev–Trinajstić information content (AvgIpc) is 2.40. The Morgan fingerprint density at radius 1 is 1.29 bits per heavy atom. The van der Waals surface area contributed by atoms with Gasteiger partial charge in [0.2, 0.25) is 0 Å². The zero-order valence-corrected chi connectivity index (χ0v) is 11.1. The van der Waals surface area contributed by atoms with Crippen LogP contribution in [-0.2, 0) is 0 Å². The zero-order chi connectivity index (χ0) is 15.6. The summed E-state index contributed by atoms with van der Waals surface area (Å²) in [5, 5.41) is 12.9. The van der Waals surface area contributed by atoms with Gasteiger partial charge in [0, 0.05) is 11.8 Å². The van der Waals surface area contributed by atoms with Crippen LogP contribution in [0, 0.1) is 22.9 Å². The minimum absolute atomic E-state index is 0.148. The van der Waals surface area contributed by atoms with Crippen molar-refractivity contribution in [1.29, 1.82) is 0 Å². The van der Waals surface area contributed by atoms with E-state index in [2.05, 4.69) is 5.32 Å². The van der Waals surface area contributed by atoms with Crippen molar-refractivity contribution in [3.05, 3.63) is 63.5 Å². The number of halogens is 1. The highest BCUT2D eigenvalue weighted by Crippen LogP contribution is 2.22. The molecule has 6 nitrogen and oxygen atoms in total. The van der Waals surface area contributed by atoms with E-state index in [4.69, 9.17) is 5.73 Å². The molecule has 3 N–H and O–H groups in total. The highest BCUT2D eigenvalue weighted by molar-refractivity contribution is 6.07. The predicted octanol–water partition coefficient (Wildman–Crippen LogP) is 2.88. The standard InChI is InChI=1S/C14H12FN3O3/c1-8-2-4-10(12(16)6-8)14(19)17-13-5-3-9(18(20)21)7-11(13)15/h2-7H,16H2,1H3,(H,17,19). The third kappa shape index (κ3) is 3.14. The number of nitrogens with zero attached hydrogens (tertiary/aromatic N) is 1. The van der Waals surface area contributed by atoms with Crippen LogP contribution < -0.4 is 11.1 Å². The molecule has 0 saturated carbocycles. The minimum Gasteiger partial charge on any atom is -0.398 e. The molecule has 0 bridgehead atoms. The van der Waals surface area contributed by atoms with Gasteiger partial charge in [0.05, 0.1) is 22.2 Å². The molecule has 2 aromatic rings. The Labute approximate surface area is 119 Å². The molecule has 0 radical (unpaired) electrons. The summed E-state index contributed by atoms with van der Waals surface area (Å²) in [6.45, 7) is 1.83. The lowest BCUT2D eigenvalue weighted by atomic mass is 10.1. The number of nitrogen functional groups attached to an aromatic ring is 1. The van der Waals surface area contributed by atoms with Gasteiger partial charge >= 0.3 is 0 Å². The van der Waals surface area contributed by atoms with Gasteiger partial charge in [-0.1, -0.05) is 6.07 Å². The molecule has 0 spiro atoms. The van der Waals surface area contributed by atoms with Gasteiger partial charge in [-0.25, -0.2) is 4.39 Å². The maximum atomic E-state index is 13.7. The summed E-state index contributed by atoms with van der Waals surface area (Å²) in [5.41, 5.74) is 6.57. The van der Waals surface area contributed by atoms with Crippen LogP contribution in [0.1, 0.15) is 15.9 Å². The number of non-ortho nitro benzene ring substituents is 1. The van der Waals surface area contributed by atoms with E-state index >= 15 is 0 Å². The third-order valence-corrected chi connectivity index (χ3v) is 2.86. The number of carbonyl (C=O) groups excluding carboxylic acids is 1. The first-order valence-corrected chi connectivity index (χ1v) is 6.00. The number of nitrogens with one attached hydrogen (secondary N) is 1. The second-order valence-electron chi connectivity index (χ2n) is 4.47. The van der Waals surface area contributed by atoms with Crippen LogP contribution in [0.2, 0.25) is 0 Å². The van der Waals surface area contributed by atoms with Crippen molar-refractivity contribution >= 4 is 23.0 Å². The van der Waals surface area contributed by atoms with E-state index in [0.717, 1.165) is 23.8 Å². The van der Waals surface area contributed by atoms with Gasteiger partial charge in [0.1, 0.15) is 0 Å². The predicted molar refractivity (Wildman–Crippen MR) is 76.6 cm³/mol. The fourth-order valence-electron chi connectivity index (χ4n) is 1.80. The molecule has 7 heteroatoms. The Balaban J connectivity index is 2.25. The summed E-state index contributed by atoms with van der Waals surface area (Å²) in [6, 6.07) is 7.85. The van der Waals surface area contributed by atoms with Crippen molar-refractivity contribution in [1.82, 2.24) is 0 Å². The fourth-order valence-corrected chi connectivity index (χ4v) is 1.80. The second-order valence-corrected chi connectivity index (χ2v) is 4.47. The van der Waals surface area contributed by atoms with E-state index in [-0.39, 0.29) is 22.6 Å². The van der Waals surface area contributed by atoms with E-state index in [1.54, 1.807) is 12.1 Å². The van der Waals surface area contributed by atoms with Gasteiger partial charge in [-0.2, -0.15) is 0 Å². The molecule has 1 amide bonds. The fraction of sp³-hybridized carbons (Fsp3) is 0.0714. The topological polar surface area (TPSA) is 98.3 Å². The van der Waals surface area contributed by atoms with Gasteiger partial charge in [-0.15, -0.1) is 0 Å². The Morgan fingerprint density at radius 3 is 2.57 bits per heavy atom. The maximum Gasteiger partial charge on any atom is 0.272 e. The molecule has 0 aliphatic heterocycles. The molecule has 2 aromatic carbocycles. The van der Waals surface area contributed by atoms with Gasteiger partial charge in [-0.05, 0) is 30.7 Å². The molecule has 0 aromatic heterocycles. The molecule has 0 unspecified atom stereocenters. The van der Waals surface area contributed by atoms with E-state index in [1.807, 2.05) is 6.92 Å². The Bertz CT molecular complexity index is 731. The van der Waals surface area contributed by atoms with E-state index in [1.165, 1.54) is 6.07 Å². The third-order valence-electron chi connectivity index (χ3n) is 2.86. The number of nitro benzene ring substituents is 1. The van der Waals surface area contributed by atoms with Crippen LogP contribution in [0.25, 0.3) is 0 Å². The van der Waals surface area contributed by atoms with Crippen molar-refractivity contribution in [2.24, 2.45) is 0 Å². The van der Waals surface area contributed by atoms with Crippen molar-refractivity contribution in [3.8, 4) is 0 Å². The van der Waals surface area contributed by atoms with Crippen molar-refractivity contribution in [3.63, 3.8) is 0 Å².